The Labute approximate surface area is 98.4 Å². The molecule has 0 heterocycles. The molecular formula is C12H24N2O2. The first kappa shape index (κ1) is 15.1. The van der Waals surface area contributed by atoms with Crippen LogP contribution in [0.2, 0.25) is 0 Å². The van der Waals surface area contributed by atoms with Crippen molar-refractivity contribution in [3.63, 3.8) is 0 Å². The van der Waals surface area contributed by atoms with E-state index >= 15 is 0 Å². The summed E-state index contributed by atoms with van der Waals surface area (Å²) in [7, 11) is 1.62. The van der Waals surface area contributed by atoms with Gasteiger partial charge in [-0.1, -0.05) is 19.9 Å². The fourth-order valence-electron chi connectivity index (χ4n) is 1.49. The number of carbonyl (C=O) groups is 1. The molecule has 4 heteroatoms. The lowest BCUT2D eigenvalue weighted by molar-refractivity contribution is -0.133. The summed E-state index contributed by atoms with van der Waals surface area (Å²) in [6.45, 7) is 9.35. The Kier molecular flexibility index (Phi) is 7.85. The molecule has 0 saturated carbocycles. The highest BCUT2D eigenvalue weighted by Gasteiger charge is 2.20. The summed E-state index contributed by atoms with van der Waals surface area (Å²) in [5.74, 6) is 0.401. The van der Waals surface area contributed by atoms with Crippen LogP contribution in [0.1, 0.15) is 20.3 Å². The maximum atomic E-state index is 12.0. The predicted molar refractivity (Wildman–Crippen MR) is 66.1 cm³/mol. The van der Waals surface area contributed by atoms with Gasteiger partial charge in [-0.05, 0) is 12.3 Å². The molecular weight excluding hydrogens is 204 g/mol. The van der Waals surface area contributed by atoms with Gasteiger partial charge in [0.2, 0.25) is 5.91 Å². The Morgan fingerprint density at radius 2 is 2.19 bits per heavy atom. The molecule has 0 spiro atoms. The third-order valence-corrected chi connectivity index (χ3v) is 2.27. The van der Waals surface area contributed by atoms with Gasteiger partial charge in [-0.15, -0.1) is 6.58 Å². The highest BCUT2D eigenvalue weighted by molar-refractivity contribution is 5.81. The van der Waals surface area contributed by atoms with Crippen molar-refractivity contribution in [3.05, 3.63) is 12.7 Å². The van der Waals surface area contributed by atoms with Gasteiger partial charge < -0.3 is 15.4 Å². The maximum absolute atomic E-state index is 12.0. The van der Waals surface area contributed by atoms with Crippen molar-refractivity contribution in [2.24, 2.45) is 11.7 Å². The van der Waals surface area contributed by atoms with Crippen LogP contribution in [-0.2, 0) is 9.53 Å². The summed E-state index contributed by atoms with van der Waals surface area (Å²) < 4.78 is 4.96. The van der Waals surface area contributed by atoms with Gasteiger partial charge in [0, 0.05) is 20.2 Å². The van der Waals surface area contributed by atoms with Crippen molar-refractivity contribution in [1.82, 2.24) is 4.90 Å². The number of ether oxygens (including phenoxy) is 1. The van der Waals surface area contributed by atoms with Gasteiger partial charge >= 0.3 is 0 Å². The quantitative estimate of drug-likeness (QED) is 0.631. The van der Waals surface area contributed by atoms with Crippen LogP contribution in [0.3, 0.4) is 0 Å². The van der Waals surface area contributed by atoms with Crippen LogP contribution in [0, 0.1) is 5.92 Å². The first-order valence-electron chi connectivity index (χ1n) is 5.67. The molecule has 0 aliphatic heterocycles. The molecule has 0 fully saturated rings. The number of nitrogens with zero attached hydrogens (tertiary/aromatic N) is 1. The molecule has 0 rings (SSSR count). The Balaban J connectivity index is 4.28. The molecule has 0 aliphatic carbocycles. The van der Waals surface area contributed by atoms with E-state index in [1.807, 2.05) is 0 Å². The minimum Gasteiger partial charge on any atom is -0.383 e. The van der Waals surface area contributed by atoms with Crippen molar-refractivity contribution >= 4 is 5.91 Å². The van der Waals surface area contributed by atoms with E-state index < -0.39 is 6.04 Å². The van der Waals surface area contributed by atoms with Crippen molar-refractivity contribution in [3.8, 4) is 0 Å². The summed E-state index contributed by atoms with van der Waals surface area (Å²) in [6.07, 6.45) is 2.41. The molecule has 94 valence electrons. The minimum atomic E-state index is -0.420. The molecule has 1 atom stereocenters. The van der Waals surface area contributed by atoms with E-state index in [-0.39, 0.29) is 5.91 Å². The SMILES string of the molecule is C=CCN(CCOC)C(=O)[C@@H](N)CC(C)C. The highest BCUT2D eigenvalue weighted by Crippen LogP contribution is 2.06. The summed E-state index contributed by atoms with van der Waals surface area (Å²) in [5, 5.41) is 0. The van der Waals surface area contributed by atoms with Crippen molar-refractivity contribution in [1.29, 1.82) is 0 Å². The lowest BCUT2D eigenvalue weighted by atomic mass is 10.0. The molecule has 16 heavy (non-hydrogen) atoms. The van der Waals surface area contributed by atoms with Gasteiger partial charge in [-0.25, -0.2) is 0 Å². The summed E-state index contributed by atoms with van der Waals surface area (Å²) >= 11 is 0. The summed E-state index contributed by atoms with van der Waals surface area (Å²) in [5.41, 5.74) is 5.85. The van der Waals surface area contributed by atoms with E-state index in [2.05, 4.69) is 20.4 Å². The zero-order valence-electron chi connectivity index (χ0n) is 10.6. The van der Waals surface area contributed by atoms with Crippen LogP contribution >= 0.6 is 0 Å². The van der Waals surface area contributed by atoms with E-state index in [4.69, 9.17) is 10.5 Å². The molecule has 0 aromatic rings. The van der Waals surface area contributed by atoms with Crippen LogP contribution in [0.15, 0.2) is 12.7 Å². The Morgan fingerprint density at radius 1 is 1.56 bits per heavy atom. The first-order chi connectivity index (χ1) is 7.52. The van der Waals surface area contributed by atoms with Crippen molar-refractivity contribution in [2.75, 3.05) is 26.8 Å². The fourth-order valence-corrected chi connectivity index (χ4v) is 1.49. The molecule has 0 bridgehead atoms. The van der Waals surface area contributed by atoms with Gasteiger partial charge in [0.15, 0.2) is 0 Å². The molecule has 0 aromatic carbocycles. The smallest absolute Gasteiger partial charge is 0.239 e. The summed E-state index contributed by atoms with van der Waals surface area (Å²) in [6, 6.07) is -0.420. The molecule has 0 aromatic heterocycles. The number of rotatable bonds is 8. The van der Waals surface area contributed by atoms with Gasteiger partial charge in [0.05, 0.1) is 12.6 Å². The molecule has 0 aliphatic rings. The van der Waals surface area contributed by atoms with Crippen LogP contribution in [0.5, 0.6) is 0 Å². The molecule has 0 radical (unpaired) electrons. The van der Waals surface area contributed by atoms with E-state index in [0.29, 0.717) is 32.0 Å². The largest absolute Gasteiger partial charge is 0.383 e. The normalized spacial score (nSPS) is 12.6. The predicted octanol–water partition coefficient (Wildman–Crippen LogP) is 1.02. The zero-order valence-corrected chi connectivity index (χ0v) is 10.6. The van der Waals surface area contributed by atoms with Crippen LogP contribution in [0.4, 0.5) is 0 Å². The standard InChI is InChI=1S/C12H24N2O2/c1-5-6-14(7-8-16-4)12(15)11(13)9-10(2)3/h5,10-11H,1,6-9,13H2,2-4H3/t11-/m0/s1. The zero-order chi connectivity index (χ0) is 12.6. The fraction of sp³-hybridized carbons (Fsp3) is 0.750. The third kappa shape index (κ3) is 5.88. The minimum absolute atomic E-state index is 0.0225. The number of hydrogen-bond acceptors (Lipinski definition) is 3. The van der Waals surface area contributed by atoms with Crippen LogP contribution in [-0.4, -0.2) is 43.7 Å². The summed E-state index contributed by atoms with van der Waals surface area (Å²) in [4.78, 5) is 13.7. The van der Waals surface area contributed by atoms with Gasteiger partial charge in [-0.3, -0.25) is 4.79 Å². The van der Waals surface area contributed by atoms with Crippen LogP contribution < -0.4 is 5.73 Å². The second kappa shape index (κ2) is 8.30. The van der Waals surface area contributed by atoms with Gasteiger partial charge in [-0.2, -0.15) is 0 Å². The van der Waals surface area contributed by atoms with Gasteiger partial charge in [0.1, 0.15) is 0 Å². The molecule has 4 nitrogen and oxygen atoms in total. The van der Waals surface area contributed by atoms with E-state index in [0.717, 1.165) is 0 Å². The Bertz CT molecular complexity index is 217. The number of methoxy groups -OCH3 is 1. The van der Waals surface area contributed by atoms with Crippen LogP contribution in [0.25, 0.3) is 0 Å². The average Bonchev–Trinajstić information content (AvgIpc) is 2.22. The molecule has 0 saturated heterocycles. The van der Waals surface area contributed by atoms with E-state index in [1.165, 1.54) is 0 Å². The van der Waals surface area contributed by atoms with Gasteiger partial charge in [0.25, 0.3) is 0 Å². The third-order valence-electron chi connectivity index (χ3n) is 2.27. The number of nitrogens with two attached hydrogens (primary N) is 1. The second-order valence-corrected chi connectivity index (χ2v) is 4.30. The number of hydrogen-bond donors (Lipinski definition) is 1. The monoisotopic (exact) mass is 228 g/mol. The molecule has 1 amide bonds. The van der Waals surface area contributed by atoms with E-state index in [9.17, 15) is 4.79 Å². The Hall–Kier alpha value is -0.870. The van der Waals surface area contributed by atoms with Crippen molar-refractivity contribution in [2.45, 2.75) is 26.3 Å². The average molecular weight is 228 g/mol. The van der Waals surface area contributed by atoms with E-state index in [1.54, 1.807) is 18.1 Å². The number of carbonyl (C=O) groups excluding carboxylic acids is 1. The lowest BCUT2D eigenvalue weighted by Crippen LogP contribution is -2.45. The number of amides is 1. The second-order valence-electron chi connectivity index (χ2n) is 4.30. The maximum Gasteiger partial charge on any atom is 0.239 e. The first-order valence-corrected chi connectivity index (χ1v) is 5.67. The molecule has 2 N–H and O–H groups in total. The highest BCUT2D eigenvalue weighted by atomic mass is 16.5. The topological polar surface area (TPSA) is 55.6 Å². The Morgan fingerprint density at radius 3 is 2.62 bits per heavy atom. The lowest BCUT2D eigenvalue weighted by Gasteiger charge is -2.25. The molecule has 0 unspecified atom stereocenters. The van der Waals surface area contributed by atoms with Crippen molar-refractivity contribution < 1.29 is 9.53 Å².